The van der Waals surface area contributed by atoms with Crippen molar-refractivity contribution in [1.82, 2.24) is 20.9 Å². The number of carbonyl (C=O) groups is 2. The topological polar surface area (TPSA) is 95.2 Å². The Balaban J connectivity index is 1.78. The Bertz CT molecular complexity index is 1190. The molecule has 38 heavy (non-hydrogen) atoms. The van der Waals surface area contributed by atoms with Crippen molar-refractivity contribution in [3.63, 3.8) is 0 Å². The number of hydrogen-bond donors (Lipinski definition) is 4. The van der Waals surface area contributed by atoms with Gasteiger partial charge in [-0.1, -0.05) is 44.2 Å². The van der Waals surface area contributed by atoms with Crippen LogP contribution in [0.2, 0.25) is 0 Å². The number of aromatic nitrogens is 1. The van der Waals surface area contributed by atoms with E-state index in [1.165, 1.54) is 19.2 Å². The first kappa shape index (κ1) is 29.2. The summed E-state index contributed by atoms with van der Waals surface area (Å²) in [5.74, 6) is -0.610. The third-order valence-electron chi connectivity index (χ3n) is 6.20. The summed E-state index contributed by atoms with van der Waals surface area (Å²) in [6.45, 7) is 4.84. The van der Waals surface area contributed by atoms with E-state index in [0.717, 1.165) is 28.6 Å². The highest BCUT2D eigenvalue weighted by molar-refractivity contribution is 5.86. The van der Waals surface area contributed by atoms with Crippen LogP contribution >= 0.6 is 0 Å². The molecule has 2 aromatic carbocycles. The van der Waals surface area contributed by atoms with Crippen molar-refractivity contribution in [3.05, 3.63) is 71.4 Å². The maximum Gasteiger partial charge on any atom is 0.416 e. The highest BCUT2D eigenvalue weighted by Crippen LogP contribution is 2.30. The van der Waals surface area contributed by atoms with Gasteiger partial charge < -0.3 is 20.4 Å². The summed E-state index contributed by atoms with van der Waals surface area (Å²) in [6.07, 6.45) is -1.61. The number of alkyl halides is 3. The first-order chi connectivity index (χ1) is 18.1. The van der Waals surface area contributed by atoms with E-state index in [4.69, 9.17) is 4.74 Å². The summed E-state index contributed by atoms with van der Waals surface area (Å²) >= 11 is 0. The maximum atomic E-state index is 13.4. The lowest BCUT2D eigenvalue weighted by molar-refractivity contribution is -0.137. The summed E-state index contributed by atoms with van der Waals surface area (Å²) in [7, 11) is 1.53. The molecule has 2 amide bonds. The number of ether oxygens (including phenoxy) is 1. The van der Waals surface area contributed by atoms with E-state index < -0.39 is 29.7 Å². The molecule has 0 saturated carbocycles. The van der Waals surface area contributed by atoms with E-state index in [9.17, 15) is 22.8 Å². The minimum Gasteiger partial charge on any atom is -0.383 e. The van der Waals surface area contributed by atoms with Crippen LogP contribution in [0.1, 0.15) is 43.0 Å². The van der Waals surface area contributed by atoms with Gasteiger partial charge in [-0.2, -0.15) is 13.2 Å². The molecule has 7 nitrogen and oxygen atoms in total. The van der Waals surface area contributed by atoms with Crippen molar-refractivity contribution in [2.75, 3.05) is 26.8 Å². The second-order valence-electron chi connectivity index (χ2n) is 9.59. The van der Waals surface area contributed by atoms with Crippen molar-refractivity contribution in [1.29, 1.82) is 0 Å². The van der Waals surface area contributed by atoms with Crippen LogP contribution in [0.3, 0.4) is 0 Å². The van der Waals surface area contributed by atoms with Gasteiger partial charge in [0, 0.05) is 37.3 Å². The third-order valence-corrected chi connectivity index (χ3v) is 6.20. The molecule has 1 aromatic heterocycles. The summed E-state index contributed by atoms with van der Waals surface area (Å²) in [6, 6.07) is 10.5. The van der Waals surface area contributed by atoms with Crippen LogP contribution in [0.4, 0.5) is 13.2 Å². The van der Waals surface area contributed by atoms with Crippen LogP contribution in [0.5, 0.6) is 0 Å². The van der Waals surface area contributed by atoms with Gasteiger partial charge in [-0.15, -0.1) is 0 Å². The fourth-order valence-electron chi connectivity index (χ4n) is 4.27. The van der Waals surface area contributed by atoms with Crippen molar-refractivity contribution >= 4 is 22.7 Å². The van der Waals surface area contributed by atoms with Crippen LogP contribution in [-0.2, 0) is 26.9 Å². The molecule has 0 radical (unpaired) electrons. The lowest BCUT2D eigenvalue weighted by atomic mass is 9.98. The van der Waals surface area contributed by atoms with E-state index in [-0.39, 0.29) is 11.8 Å². The van der Waals surface area contributed by atoms with Crippen LogP contribution in [0.15, 0.2) is 54.7 Å². The van der Waals surface area contributed by atoms with Crippen molar-refractivity contribution in [2.45, 2.75) is 44.9 Å². The molecule has 0 aliphatic rings. The number of fused-ring (bicyclic) bond motifs is 1. The van der Waals surface area contributed by atoms with Crippen molar-refractivity contribution < 1.29 is 27.5 Å². The van der Waals surface area contributed by atoms with Gasteiger partial charge in [0.15, 0.2) is 0 Å². The molecule has 10 heteroatoms. The molecule has 2 atom stereocenters. The molecule has 3 rings (SSSR count). The first-order valence-electron chi connectivity index (χ1n) is 12.6. The van der Waals surface area contributed by atoms with E-state index in [1.807, 2.05) is 44.3 Å². The number of halogens is 3. The Morgan fingerprint density at radius 2 is 1.66 bits per heavy atom. The molecule has 0 aliphatic carbocycles. The monoisotopic (exact) mass is 532 g/mol. The van der Waals surface area contributed by atoms with Crippen LogP contribution in [-0.4, -0.2) is 49.6 Å². The molecule has 0 bridgehead atoms. The number of carbonyl (C=O) groups excluding carboxylic acids is 2. The molecule has 0 fully saturated rings. The standard InChI is InChI=1S/C28H35F3N4O3/c1-18(2)16-24(26(36)33-14-15-38-3)35-25(19-8-10-21(11-9-19)28(29,30)31)27(37)32-13-12-20-17-34-23-7-5-4-6-22(20)23/h4-11,17-18,24-25,34-35H,12-16H2,1-3H3,(H,32,37)(H,33,36)/t24-,25?/m0/s1. The maximum absolute atomic E-state index is 13.4. The molecule has 0 aliphatic heterocycles. The zero-order chi connectivity index (χ0) is 27.7. The van der Waals surface area contributed by atoms with Gasteiger partial charge in [-0.25, -0.2) is 0 Å². The van der Waals surface area contributed by atoms with Crippen LogP contribution in [0, 0.1) is 5.92 Å². The quantitative estimate of drug-likeness (QED) is 0.246. The fourth-order valence-corrected chi connectivity index (χ4v) is 4.27. The summed E-state index contributed by atoms with van der Waals surface area (Å²) in [5.41, 5.74) is 1.56. The number of aromatic amines is 1. The predicted molar refractivity (Wildman–Crippen MR) is 140 cm³/mol. The Hall–Kier alpha value is -3.37. The number of hydrogen-bond acceptors (Lipinski definition) is 4. The molecule has 206 valence electrons. The molecule has 1 heterocycles. The highest BCUT2D eigenvalue weighted by Gasteiger charge is 2.32. The molecular weight excluding hydrogens is 497 g/mol. The van der Waals surface area contributed by atoms with Gasteiger partial charge in [-0.05, 0) is 48.1 Å². The third kappa shape index (κ3) is 8.06. The van der Waals surface area contributed by atoms with Crippen molar-refractivity contribution in [2.24, 2.45) is 5.92 Å². The highest BCUT2D eigenvalue weighted by atomic mass is 19.4. The zero-order valence-electron chi connectivity index (χ0n) is 21.8. The number of methoxy groups -OCH3 is 1. The van der Waals surface area contributed by atoms with Gasteiger partial charge >= 0.3 is 6.18 Å². The summed E-state index contributed by atoms with van der Waals surface area (Å²) < 4.78 is 44.4. The predicted octanol–water partition coefficient (Wildman–Crippen LogP) is 4.35. The summed E-state index contributed by atoms with van der Waals surface area (Å²) in [4.78, 5) is 29.5. The van der Waals surface area contributed by atoms with Gasteiger partial charge in [0.25, 0.3) is 0 Å². The van der Waals surface area contributed by atoms with Gasteiger partial charge in [0.2, 0.25) is 11.8 Å². The average Bonchev–Trinajstić information content (AvgIpc) is 3.29. The van der Waals surface area contributed by atoms with Crippen molar-refractivity contribution in [3.8, 4) is 0 Å². The zero-order valence-corrected chi connectivity index (χ0v) is 21.8. The van der Waals surface area contributed by atoms with Crippen LogP contribution < -0.4 is 16.0 Å². The number of nitrogens with one attached hydrogen (secondary N) is 4. The largest absolute Gasteiger partial charge is 0.416 e. The molecule has 0 saturated heterocycles. The van der Waals surface area contributed by atoms with E-state index in [1.54, 1.807) is 0 Å². The Kier molecular flexibility index (Phi) is 10.3. The summed E-state index contributed by atoms with van der Waals surface area (Å²) in [5, 5.41) is 9.84. The Morgan fingerprint density at radius 3 is 2.32 bits per heavy atom. The van der Waals surface area contributed by atoms with E-state index in [2.05, 4.69) is 20.9 Å². The molecule has 4 N–H and O–H groups in total. The lowest BCUT2D eigenvalue weighted by Gasteiger charge is -2.26. The number of H-pyrrole nitrogens is 1. The van der Waals surface area contributed by atoms with Gasteiger partial charge in [0.1, 0.15) is 6.04 Å². The number of benzene rings is 2. The number of rotatable bonds is 13. The molecule has 3 aromatic rings. The fraction of sp³-hybridized carbons (Fsp3) is 0.429. The lowest BCUT2D eigenvalue weighted by Crippen LogP contribution is -2.50. The Morgan fingerprint density at radius 1 is 0.974 bits per heavy atom. The second-order valence-corrected chi connectivity index (χ2v) is 9.59. The SMILES string of the molecule is COCCNC(=O)[C@H](CC(C)C)NC(C(=O)NCCc1c[nH]c2ccccc12)c1ccc(C(F)(F)F)cc1. The van der Waals surface area contributed by atoms with E-state index >= 15 is 0 Å². The van der Waals surface area contributed by atoms with E-state index in [0.29, 0.717) is 38.1 Å². The second kappa shape index (κ2) is 13.4. The molecule has 1 unspecified atom stereocenters. The normalized spacial score (nSPS) is 13.4. The average molecular weight is 533 g/mol. The first-order valence-corrected chi connectivity index (χ1v) is 12.6. The molecular formula is C28H35F3N4O3. The minimum absolute atomic E-state index is 0.124. The minimum atomic E-state index is -4.50. The van der Waals surface area contributed by atoms with Crippen LogP contribution in [0.25, 0.3) is 10.9 Å². The smallest absolute Gasteiger partial charge is 0.383 e. The van der Waals surface area contributed by atoms with Gasteiger partial charge in [-0.3, -0.25) is 14.9 Å². The molecule has 0 spiro atoms. The Labute approximate surface area is 220 Å². The number of para-hydroxylation sites is 1. The van der Waals surface area contributed by atoms with Gasteiger partial charge in [0.05, 0.1) is 18.2 Å². The number of amides is 2.